The lowest BCUT2D eigenvalue weighted by Crippen LogP contribution is -2.32. The van der Waals surface area contributed by atoms with Crippen LogP contribution in [0.25, 0.3) is 28.9 Å². The van der Waals surface area contributed by atoms with Crippen molar-refractivity contribution in [1.29, 1.82) is 0 Å². The van der Waals surface area contributed by atoms with Crippen molar-refractivity contribution >= 4 is 23.6 Å². The Morgan fingerprint density at radius 3 is 2.69 bits per heavy atom. The number of rotatable bonds is 1. The van der Waals surface area contributed by atoms with Crippen LogP contribution in [0.3, 0.4) is 0 Å². The van der Waals surface area contributed by atoms with E-state index < -0.39 is 0 Å². The van der Waals surface area contributed by atoms with E-state index in [0.29, 0.717) is 31.1 Å². The number of imidazole rings is 1. The zero-order valence-electron chi connectivity index (χ0n) is 18.5. The summed E-state index contributed by atoms with van der Waals surface area (Å²) in [5, 5.41) is 8.91. The molecule has 0 fully saturated rings. The molecule has 1 aliphatic heterocycles. The molecule has 1 amide bonds. The third kappa shape index (κ3) is 3.15. The zero-order chi connectivity index (χ0) is 22.4. The lowest BCUT2D eigenvalue weighted by atomic mass is 10.1. The molecule has 10 nitrogen and oxygen atoms in total. The van der Waals surface area contributed by atoms with Gasteiger partial charge in [0.05, 0.1) is 47.6 Å². The van der Waals surface area contributed by atoms with Crippen LogP contribution in [-0.4, -0.2) is 64.9 Å². The molecule has 5 rings (SSSR count). The van der Waals surface area contributed by atoms with Crippen molar-refractivity contribution in [3.63, 3.8) is 0 Å². The molecule has 0 radical (unpaired) electrons. The topological polar surface area (TPSA) is 95.4 Å². The second-order valence-electron chi connectivity index (χ2n) is 7.77. The van der Waals surface area contributed by atoms with E-state index in [2.05, 4.69) is 20.2 Å². The molecule has 0 unspecified atom stereocenters. The Morgan fingerprint density at radius 1 is 1.06 bits per heavy atom. The number of aryl methyl sites for hydroxylation is 3. The molecule has 5 heterocycles. The van der Waals surface area contributed by atoms with E-state index in [0.717, 1.165) is 33.9 Å². The first-order valence-corrected chi connectivity index (χ1v) is 10.5. The highest BCUT2D eigenvalue weighted by Gasteiger charge is 2.23. The Bertz CT molecular complexity index is 1360. The molecule has 1 aliphatic rings. The molecule has 0 saturated heterocycles. The van der Waals surface area contributed by atoms with Crippen LogP contribution >= 0.6 is 0 Å². The predicted molar refractivity (Wildman–Crippen MR) is 119 cm³/mol. The number of aromatic nitrogens is 7. The zero-order valence-corrected chi connectivity index (χ0v) is 18.5. The highest BCUT2D eigenvalue weighted by Crippen LogP contribution is 2.29. The van der Waals surface area contributed by atoms with Crippen LogP contribution in [0.15, 0.2) is 24.8 Å². The first-order chi connectivity index (χ1) is 15.5. The van der Waals surface area contributed by atoms with Crippen LogP contribution in [0.5, 0.6) is 5.88 Å². The van der Waals surface area contributed by atoms with E-state index in [9.17, 15) is 4.79 Å². The van der Waals surface area contributed by atoms with Gasteiger partial charge in [-0.05, 0) is 18.6 Å². The number of carbonyl (C=O) groups is 1. The Balaban J connectivity index is 1.71. The lowest BCUT2D eigenvalue weighted by molar-refractivity contribution is 0.0760. The summed E-state index contributed by atoms with van der Waals surface area (Å²) in [4.78, 5) is 24.1. The van der Waals surface area contributed by atoms with E-state index in [1.807, 2.05) is 36.7 Å². The fourth-order valence-electron chi connectivity index (χ4n) is 3.96. The van der Waals surface area contributed by atoms with Gasteiger partial charge in [0.15, 0.2) is 0 Å². The maximum Gasteiger partial charge on any atom is 0.272 e. The maximum atomic E-state index is 13.3. The Morgan fingerprint density at radius 2 is 1.88 bits per heavy atom. The van der Waals surface area contributed by atoms with Crippen LogP contribution in [0.1, 0.15) is 34.5 Å². The monoisotopic (exact) mass is 432 g/mol. The summed E-state index contributed by atoms with van der Waals surface area (Å²) >= 11 is 0. The van der Waals surface area contributed by atoms with Gasteiger partial charge in [-0.1, -0.05) is 6.92 Å². The van der Waals surface area contributed by atoms with Crippen molar-refractivity contribution in [2.45, 2.75) is 13.3 Å². The standard InChI is InChI=1S/C22H24N8O2/c1-5-17-15-6-7-19-24-11-14-10-23-18(13-30(14)19)16-12-25-29(4)22(16)32-9-8-27(2)21(31)20(15)28(3)26-17/h6-7,10-13H,5,8-9H2,1-4H3/b7-6+. The maximum absolute atomic E-state index is 13.3. The SMILES string of the molecule is CCc1nn(C)c2c1/C=C/c1ncc3cnc(cn13)-c1cnn(C)c1OCCN(C)C2=O. The molecule has 0 spiro atoms. The van der Waals surface area contributed by atoms with Crippen molar-refractivity contribution < 1.29 is 9.53 Å². The molecule has 164 valence electrons. The molecular formula is C22H24N8O2. The largest absolute Gasteiger partial charge is 0.475 e. The van der Waals surface area contributed by atoms with Crippen molar-refractivity contribution in [3.8, 4) is 17.1 Å². The molecule has 0 saturated carbocycles. The smallest absolute Gasteiger partial charge is 0.272 e. The molecule has 2 bridgehead atoms. The van der Waals surface area contributed by atoms with E-state index >= 15 is 0 Å². The average Bonchev–Trinajstić information content (AvgIpc) is 3.45. The summed E-state index contributed by atoms with van der Waals surface area (Å²) in [6.07, 6.45) is 11.7. The summed E-state index contributed by atoms with van der Waals surface area (Å²) in [5.74, 6) is 1.21. The van der Waals surface area contributed by atoms with E-state index in [1.165, 1.54) is 0 Å². The molecule has 0 atom stereocenters. The number of amides is 1. The van der Waals surface area contributed by atoms with Gasteiger partial charge in [-0.3, -0.25) is 18.9 Å². The van der Waals surface area contributed by atoms with Gasteiger partial charge in [0.2, 0.25) is 5.88 Å². The van der Waals surface area contributed by atoms with Gasteiger partial charge < -0.3 is 9.64 Å². The second-order valence-corrected chi connectivity index (χ2v) is 7.77. The fraction of sp³-hybridized carbons (Fsp3) is 0.318. The van der Waals surface area contributed by atoms with Gasteiger partial charge in [0, 0.05) is 32.9 Å². The Kier molecular flexibility index (Phi) is 4.76. The van der Waals surface area contributed by atoms with Gasteiger partial charge in [0.1, 0.15) is 18.1 Å². The van der Waals surface area contributed by atoms with Crippen molar-refractivity contribution in [2.75, 3.05) is 20.2 Å². The van der Waals surface area contributed by atoms with Crippen LogP contribution in [0.4, 0.5) is 0 Å². The summed E-state index contributed by atoms with van der Waals surface area (Å²) < 4.78 is 11.3. The molecule has 0 aromatic carbocycles. The number of likely N-dealkylation sites (N-methyl/N-ethyl adjacent to an activating group) is 1. The van der Waals surface area contributed by atoms with Gasteiger partial charge in [-0.25, -0.2) is 9.67 Å². The minimum absolute atomic E-state index is 0.112. The number of fused-ring (bicyclic) bond motifs is 4. The Labute approximate surface area is 184 Å². The molecule has 4 aromatic heterocycles. The minimum atomic E-state index is -0.112. The number of carbonyl (C=O) groups excluding carboxylic acids is 1. The minimum Gasteiger partial charge on any atom is -0.475 e. The van der Waals surface area contributed by atoms with Crippen LogP contribution < -0.4 is 4.74 Å². The van der Waals surface area contributed by atoms with Crippen LogP contribution in [-0.2, 0) is 20.5 Å². The van der Waals surface area contributed by atoms with Crippen LogP contribution in [0.2, 0.25) is 0 Å². The first-order valence-electron chi connectivity index (χ1n) is 10.5. The number of hydrogen-bond donors (Lipinski definition) is 0. The fourth-order valence-corrected chi connectivity index (χ4v) is 3.96. The van der Waals surface area contributed by atoms with Crippen molar-refractivity contribution in [3.05, 3.63) is 47.6 Å². The predicted octanol–water partition coefficient (Wildman–Crippen LogP) is 2.06. The summed E-state index contributed by atoms with van der Waals surface area (Å²) in [7, 11) is 5.38. The molecule has 0 N–H and O–H groups in total. The van der Waals surface area contributed by atoms with E-state index in [1.54, 1.807) is 46.9 Å². The average molecular weight is 432 g/mol. The first kappa shape index (κ1) is 20.0. The summed E-state index contributed by atoms with van der Waals surface area (Å²) in [5.41, 5.74) is 4.58. The van der Waals surface area contributed by atoms with Crippen LogP contribution in [0, 0.1) is 0 Å². The molecule has 10 heteroatoms. The molecule has 4 aromatic rings. The van der Waals surface area contributed by atoms with Gasteiger partial charge in [-0.2, -0.15) is 10.2 Å². The van der Waals surface area contributed by atoms with E-state index in [4.69, 9.17) is 4.74 Å². The molecule has 0 aliphatic carbocycles. The highest BCUT2D eigenvalue weighted by molar-refractivity contribution is 5.97. The summed E-state index contributed by atoms with van der Waals surface area (Å²) in [6.45, 7) is 2.76. The second kappa shape index (κ2) is 7.63. The quantitative estimate of drug-likeness (QED) is 0.457. The van der Waals surface area contributed by atoms with Gasteiger partial charge in [0.25, 0.3) is 5.91 Å². The number of hydrogen-bond acceptors (Lipinski definition) is 6. The third-order valence-electron chi connectivity index (χ3n) is 5.71. The third-order valence-corrected chi connectivity index (χ3v) is 5.71. The van der Waals surface area contributed by atoms with Gasteiger partial charge in [-0.15, -0.1) is 0 Å². The molecular weight excluding hydrogens is 408 g/mol. The Hall–Kier alpha value is -3.95. The number of ether oxygens (including phenoxy) is 1. The van der Waals surface area contributed by atoms with E-state index in [-0.39, 0.29) is 5.91 Å². The highest BCUT2D eigenvalue weighted by atomic mass is 16.5. The number of nitrogens with zero attached hydrogens (tertiary/aromatic N) is 8. The van der Waals surface area contributed by atoms with Crippen molar-refractivity contribution in [2.24, 2.45) is 14.1 Å². The normalized spacial score (nSPS) is 15.2. The lowest BCUT2D eigenvalue weighted by Gasteiger charge is -2.18. The van der Waals surface area contributed by atoms with Gasteiger partial charge >= 0.3 is 0 Å². The van der Waals surface area contributed by atoms with Crippen molar-refractivity contribution in [1.82, 2.24) is 38.8 Å². The summed E-state index contributed by atoms with van der Waals surface area (Å²) in [6, 6.07) is 0. The molecule has 32 heavy (non-hydrogen) atoms.